The van der Waals surface area contributed by atoms with Crippen LogP contribution < -0.4 is 5.32 Å². The lowest BCUT2D eigenvalue weighted by Crippen LogP contribution is -2.60. The largest absolute Gasteiger partial charge is 0.394 e. The van der Waals surface area contributed by atoms with Crippen molar-refractivity contribution in [3.8, 4) is 0 Å². The molecular formula is C49H91NO8. The number of aliphatic hydroxyl groups is 5. The Balaban J connectivity index is 2.36. The number of aliphatic hydroxyl groups excluding tert-OH is 5. The summed E-state index contributed by atoms with van der Waals surface area (Å²) < 4.78 is 11.2. The molecule has 1 rings (SSSR count). The number of hydrogen-bond donors (Lipinski definition) is 6. The first kappa shape index (κ1) is 54.4. The van der Waals surface area contributed by atoms with Crippen LogP contribution in [0.3, 0.4) is 0 Å². The van der Waals surface area contributed by atoms with E-state index in [4.69, 9.17) is 9.47 Å². The number of unbranched alkanes of at least 4 members (excludes halogenated alkanes) is 26. The second-order valence-corrected chi connectivity index (χ2v) is 16.9. The SMILES string of the molecule is CCCCCCCCC/C=C/CC/C=C/CC/C=C/C(O)C(COC1OC(CO)C(O)C(O)C1O)NC(=O)CCCCCCCCCCCCCCCCCCCC. The van der Waals surface area contributed by atoms with Crippen molar-refractivity contribution in [3.05, 3.63) is 36.5 Å². The van der Waals surface area contributed by atoms with E-state index in [1.165, 1.54) is 148 Å². The molecule has 0 aromatic carbocycles. The van der Waals surface area contributed by atoms with Crippen molar-refractivity contribution in [2.45, 2.75) is 256 Å². The minimum absolute atomic E-state index is 0.189. The quantitative estimate of drug-likeness (QED) is 0.0264. The number of carbonyl (C=O) groups excluding carboxylic acids is 1. The first-order chi connectivity index (χ1) is 28.3. The monoisotopic (exact) mass is 822 g/mol. The average Bonchev–Trinajstić information content (AvgIpc) is 3.22. The zero-order valence-corrected chi connectivity index (χ0v) is 37.3. The molecule has 0 aromatic rings. The van der Waals surface area contributed by atoms with Crippen LogP contribution in [0.5, 0.6) is 0 Å². The highest BCUT2D eigenvalue weighted by molar-refractivity contribution is 5.76. The van der Waals surface area contributed by atoms with Gasteiger partial charge in [-0.25, -0.2) is 0 Å². The molecule has 6 N–H and O–H groups in total. The van der Waals surface area contributed by atoms with E-state index < -0.39 is 49.5 Å². The molecule has 1 fully saturated rings. The molecule has 0 radical (unpaired) electrons. The van der Waals surface area contributed by atoms with E-state index >= 15 is 0 Å². The molecule has 0 bridgehead atoms. The van der Waals surface area contributed by atoms with Gasteiger partial charge >= 0.3 is 0 Å². The van der Waals surface area contributed by atoms with Gasteiger partial charge in [0.2, 0.25) is 5.91 Å². The highest BCUT2D eigenvalue weighted by Gasteiger charge is 2.44. The van der Waals surface area contributed by atoms with Crippen LogP contribution in [0.25, 0.3) is 0 Å². The third-order valence-corrected chi connectivity index (χ3v) is 11.4. The van der Waals surface area contributed by atoms with Crippen LogP contribution in [-0.4, -0.2) is 87.5 Å². The first-order valence-electron chi connectivity index (χ1n) is 24.2. The van der Waals surface area contributed by atoms with E-state index in [1.54, 1.807) is 6.08 Å². The lowest BCUT2D eigenvalue weighted by Gasteiger charge is -2.40. The third-order valence-electron chi connectivity index (χ3n) is 11.4. The maximum Gasteiger partial charge on any atom is 0.220 e. The minimum atomic E-state index is -1.57. The topological polar surface area (TPSA) is 149 Å². The van der Waals surface area contributed by atoms with Gasteiger partial charge in [0.1, 0.15) is 24.4 Å². The zero-order valence-electron chi connectivity index (χ0n) is 37.3. The normalized spacial score (nSPS) is 21.1. The third kappa shape index (κ3) is 29.6. The fourth-order valence-corrected chi connectivity index (χ4v) is 7.54. The van der Waals surface area contributed by atoms with E-state index in [9.17, 15) is 30.3 Å². The second-order valence-electron chi connectivity index (χ2n) is 16.9. The van der Waals surface area contributed by atoms with Crippen LogP contribution in [0.4, 0.5) is 0 Å². The Kier molecular flexibility index (Phi) is 37.1. The van der Waals surface area contributed by atoms with Gasteiger partial charge in [0.25, 0.3) is 0 Å². The Morgan fingerprint density at radius 2 is 0.983 bits per heavy atom. The van der Waals surface area contributed by atoms with Gasteiger partial charge in [0.15, 0.2) is 6.29 Å². The summed E-state index contributed by atoms with van der Waals surface area (Å²) >= 11 is 0. The van der Waals surface area contributed by atoms with E-state index in [0.717, 1.165) is 44.9 Å². The standard InChI is InChI=1S/C49H91NO8/c1-3-5-7-9-11-13-15-17-19-21-23-25-27-29-31-33-35-37-39-45(53)50-42(41-57-49-48(56)47(55)46(54)44(40-51)58-49)43(52)38-36-34-32-30-28-26-24-22-20-18-16-14-12-10-8-6-4-2/h20,22,28,30,36,38,42-44,46-49,51-52,54-56H,3-19,21,23-27,29,31-35,37,39-41H2,1-2H3,(H,50,53)/b22-20+,30-28+,38-36+. The molecule has 9 heteroatoms. The maximum absolute atomic E-state index is 13.0. The predicted octanol–water partition coefficient (Wildman–Crippen LogP) is 10.5. The van der Waals surface area contributed by atoms with Crippen molar-refractivity contribution >= 4 is 5.91 Å². The summed E-state index contributed by atoms with van der Waals surface area (Å²) in [7, 11) is 0. The summed E-state index contributed by atoms with van der Waals surface area (Å²) in [6, 6.07) is -0.824. The zero-order chi connectivity index (χ0) is 42.3. The summed E-state index contributed by atoms with van der Waals surface area (Å²) in [6.07, 6.45) is 41.9. The maximum atomic E-state index is 13.0. The highest BCUT2D eigenvalue weighted by Crippen LogP contribution is 2.23. The van der Waals surface area contributed by atoms with E-state index in [1.807, 2.05) is 6.08 Å². The number of amides is 1. The van der Waals surface area contributed by atoms with Crippen molar-refractivity contribution in [1.82, 2.24) is 5.32 Å². The number of nitrogens with one attached hydrogen (secondary N) is 1. The molecule has 0 saturated carbocycles. The summed E-state index contributed by atoms with van der Waals surface area (Å²) in [6.45, 7) is 3.75. The van der Waals surface area contributed by atoms with E-state index in [2.05, 4.69) is 43.5 Å². The summed E-state index contributed by atoms with van der Waals surface area (Å²) in [4.78, 5) is 13.0. The molecule has 1 saturated heterocycles. The Hall–Kier alpha value is -1.59. The van der Waals surface area contributed by atoms with Gasteiger partial charge in [-0.3, -0.25) is 4.79 Å². The molecule has 1 heterocycles. The van der Waals surface area contributed by atoms with Gasteiger partial charge in [-0.1, -0.05) is 198 Å². The molecule has 1 amide bonds. The van der Waals surface area contributed by atoms with Gasteiger partial charge in [-0.05, 0) is 44.9 Å². The molecule has 340 valence electrons. The molecule has 1 aliphatic heterocycles. The van der Waals surface area contributed by atoms with Gasteiger partial charge in [0, 0.05) is 6.42 Å². The van der Waals surface area contributed by atoms with Gasteiger partial charge in [-0.15, -0.1) is 0 Å². The van der Waals surface area contributed by atoms with Gasteiger partial charge in [-0.2, -0.15) is 0 Å². The van der Waals surface area contributed by atoms with Crippen LogP contribution in [0.15, 0.2) is 36.5 Å². The number of rotatable bonds is 40. The molecule has 7 atom stereocenters. The predicted molar refractivity (Wildman–Crippen MR) is 240 cm³/mol. The van der Waals surface area contributed by atoms with Crippen molar-refractivity contribution in [1.29, 1.82) is 0 Å². The highest BCUT2D eigenvalue weighted by atomic mass is 16.7. The van der Waals surface area contributed by atoms with Crippen LogP contribution in [0, 0.1) is 0 Å². The fourth-order valence-electron chi connectivity index (χ4n) is 7.54. The van der Waals surface area contributed by atoms with Gasteiger partial charge < -0.3 is 40.3 Å². The molecule has 58 heavy (non-hydrogen) atoms. The number of ether oxygens (including phenoxy) is 2. The summed E-state index contributed by atoms with van der Waals surface area (Å²) in [5.74, 6) is -0.189. The lowest BCUT2D eigenvalue weighted by atomic mass is 9.99. The van der Waals surface area contributed by atoms with Crippen LogP contribution in [-0.2, 0) is 14.3 Å². The molecular weight excluding hydrogens is 731 g/mol. The lowest BCUT2D eigenvalue weighted by molar-refractivity contribution is -0.302. The van der Waals surface area contributed by atoms with Crippen molar-refractivity contribution in [3.63, 3.8) is 0 Å². The number of hydrogen-bond acceptors (Lipinski definition) is 8. The molecule has 7 unspecified atom stereocenters. The minimum Gasteiger partial charge on any atom is -0.394 e. The Labute approximate surface area is 355 Å². The van der Waals surface area contributed by atoms with E-state index in [0.29, 0.717) is 6.42 Å². The fraction of sp³-hybridized carbons (Fsp3) is 0.857. The Morgan fingerprint density at radius 1 is 0.569 bits per heavy atom. The van der Waals surface area contributed by atoms with Crippen LogP contribution in [0.2, 0.25) is 0 Å². The van der Waals surface area contributed by atoms with Gasteiger partial charge in [0.05, 0.1) is 25.4 Å². The molecule has 1 aliphatic rings. The Bertz CT molecular complexity index is 1000. The van der Waals surface area contributed by atoms with Crippen molar-refractivity contribution < 1.29 is 39.8 Å². The van der Waals surface area contributed by atoms with Crippen molar-refractivity contribution in [2.24, 2.45) is 0 Å². The smallest absolute Gasteiger partial charge is 0.220 e. The Morgan fingerprint density at radius 3 is 1.45 bits per heavy atom. The average molecular weight is 822 g/mol. The number of carbonyl (C=O) groups is 1. The second kappa shape index (κ2) is 39.5. The van der Waals surface area contributed by atoms with Crippen molar-refractivity contribution in [2.75, 3.05) is 13.2 Å². The summed E-state index contributed by atoms with van der Waals surface area (Å²) in [5, 5.41) is 54.2. The first-order valence-corrected chi connectivity index (χ1v) is 24.2. The van der Waals surface area contributed by atoms with Crippen LogP contribution >= 0.6 is 0 Å². The molecule has 0 aliphatic carbocycles. The molecule has 0 aromatic heterocycles. The van der Waals surface area contributed by atoms with E-state index in [-0.39, 0.29) is 12.5 Å². The van der Waals surface area contributed by atoms with Crippen LogP contribution in [0.1, 0.15) is 213 Å². The molecule has 0 spiro atoms. The molecule has 9 nitrogen and oxygen atoms in total. The number of allylic oxidation sites excluding steroid dienone is 5. The summed E-state index contributed by atoms with van der Waals surface area (Å²) in [5.41, 5.74) is 0.